The molecule has 39 heavy (non-hydrogen) atoms. The van der Waals surface area contributed by atoms with E-state index in [0.717, 1.165) is 96.2 Å². The topological polar surface area (TPSA) is 61.6 Å². The number of nitrogens with zero attached hydrogens (tertiary/aromatic N) is 4. The third kappa shape index (κ3) is 5.95. The van der Waals surface area contributed by atoms with Crippen LogP contribution in [0.4, 0.5) is 4.39 Å². The second-order valence-corrected chi connectivity index (χ2v) is 12.5. The van der Waals surface area contributed by atoms with Gasteiger partial charge in [-0.2, -0.15) is 5.10 Å². The Labute approximate surface area is 233 Å². The highest BCUT2D eigenvalue weighted by atomic mass is 19.1. The standard InChI is InChI=1S/C32H47FN4O2/c1-4-29-23(3)30(37(5-2)34-29)24-12-16-35(17-13-24)19-26-20-36(21-28(26)25-10-9-11-27(33)18-25)22-32(31(38)39)14-7-6-8-15-32/h9-11,18,24,26,28H,4-8,12-17,19-22H2,1-3H3,(H,38,39)/t26-,28+/m0/s1. The average Bonchev–Trinajstić information content (AvgIpc) is 3.49. The zero-order chi connectivity index (χ0) is 27.6. The van der Waals surface area contributed by atoms with Crippen molar-refractivity contribution in [3.8, 4) is 0 Å². The lowest BCUT2D eigenvalue weighted by atomic mass is 9.73. The number of benzene rings is 1. The van der Waals surface area contributed by atoms with Gasteiger partial charge in [-0.25, -0.2) is 4.39 Å². The second kappa shape index (κ2) is 12.1. The number of aliphatic carboxylic acids is 1. The van der Waals surface area contributed by atoms with E-state index in [1.54, 1.807) is 6.07 Å². The molecule has 3 heterocycles. The van der Waals surface area contributed by atoms with E-state index in [9.17, 15) is 14.3 Å². The molecule has 3 fully saturated rings. The second-order valence-electron chi connectivity index (χ2n) is 12.5. The van der Waals surface area contributed by atoms with Crippen molar-refractivity contribution >= 4 is 5.97 Å². The largest absolute Gasteiger partial charge is 0.481 e. The van der Waals surface area contributed by atoms with Gasteiger partial charge >= 0.3 is 5.97 Å². The maximum atomic E-state index is 14.3. The molecule has 0 spiro atoms. The highest BCUT2D eigenvalue weighted by molar-refractivity contribution is 5.75. The Morgan fingerprint density at radius 2 is 1.85 bits per heavy atom. The Balaban J connectivity index is 1.28. The van der Waals surface area contributed by atoms with E-state index in [-0.39, 0.29) is 11.7 Å². The average molecular weight is 539 g/mol. The van der Waals surface area contributed by atoms with E-state index in [0.29, 0.717) is 18.4 Å². The molecular weight excluding hydrogens is 491 g/mol. The van der Waals surface area contributed by atoms with Crippen molar-refractivity contribution in [2.75, 3.05) is 39.3 Å². The molecule has 7 heteroatoms. The molecule has 0 bridgehead atoms. The molecule has 1 aromatic heterocycles. The summed E-state index contributed by atoms with van der Waals surface area (Å²) in [7, 11) is 0. The minimum absolute atomic E-state index is 0.186. The van der Waals surface area contributed by atoms with Crippen LogP contribution in [0.25, 0.3) is 0 Å². The summed E-state index contributed by atoms with van der Waals surface area (Å²) in [4.78, 5) is 17.4. The predicted molar refractivity (Wildman–Crippen MR) is 153 cm³/mol. The maximum Gasteiger partial charge on any atom is 0.310 e. The number of carboxylic acid groups (broad SMARTS) is 1. The Hall–Kier alpha value is -2.25. The quantitative estimate of drug-likeness (QED) is 0.434. The molecule has 0 unspecified atom stereocenters. The molecule has 5 rings (SSSR count). The fourth-order valence-electron chi connectivity index (χ4n) is 7.92. The molecule has 2 aromatic rings. The summed E-state index contributed by atoms with van der Waals surface area (Å²) in [5.41, 5.74) is 4.47. The number of rotatable bonds is 9. The zero-order valence-electron chi connectivity index (χ0n) is 24.2. The molecule has 0 radical (unpaired) electrons. The SMILES string of the molecule is CCc1nn(CC)c(C2CCN(C[C@H]3CN(CC4(C(=O)O)CCCCC4)C[C@@H]3c3cccc(F)c3)CC2)c1C. The van der Waals surface area contributed by atoms with Crippen LogP contribution in [0.15, 0.2) is 24.3 Å². The lowest BCUT2D eigenvalue weighted by Crippen LogP contribution is -2.44. The number of aromatic nitrogens is 2. The van der Waals surface area contributed by atoms with Gasteiger partial charge in [0.25, 0.3) is 0 Å². The molecule has 214 valence electrons. The number of likely N-dealkylation sites (tertiary alicyclic amines) is 2. The van der Waals surface area contributed by atoms with Crippen molar-refractivity contribution in [1.29, 1.82) is 0 Å². The highest BCUT2D eigenvalue weighted by Crippen LogP contribution is 2.41. The number of hydrogen-bond acceptors (Lipinski definition) is 4. The molecular formula is C32H47FN4O2. The van der Waals surface area contributed by atoms with Crippen LogP contribution in [0.2, 0.25) is 0 Å². The molecule has 1 N–H and O–H groups in total. The smallest absolute Gasteiger partial charge is 0.310 e. The Kier molecular flexibility index (Phi) is 8.77. The molecule has 1 aliphatic carbocycles. The maximum absolute atomic E-state index is 14.3. The van der Waals surface area contributed by atoms with Crippen molar-refractivity contribution in [3.63, 3.8) is 0 Å². The Morgan fingerprint density at radius 1 is 1.10 bits per heavy atom. The summed E-state index contributed by atoms with van der Waals surface area (Å²) in [6, 6.07) is 7.09. The van der Waals surface area contributed by atoms with Crippen LogP contribution in [0.3, 0.4) is 0 Å². The van der Waals surface area contributed by atoms with Gasteiger partial charge in [-0.3, -0.25) is 9.48 Å². The van der Waals surface area contributed by atoms with Crippen LogP contribution >= 0.6 is 0 Å². The number of halogens is 1. The molecule has 1 aromatic carbocycles. The van der Waals surface area contributed by atoms with E-state index in [2.05, 4.69) is 41.3 Å². The lowest BCUT2D eigenvalue weighted by Gasteiger charge is -2.37. The van der Waals surface area contributed by atoms with E-state index >= 15 is 0 Å². The fraction of sp³-hybridized carbons (Fsp3) is 0.688. The first-order valence-corrected chi connectivity index (χ1v) is 15.3. The molecule has 1 saturated carbocycles. The van der Waals surface area contributed by atoms with Crippen LogP contribution in [0.1, 0.15) is 93.1 Å². The van der Waals surface area contributed by atoms with Crippen LogP contribution < -0.4 is 0 Å². The summed E-state index contributed by atoms with van der Waals surface area (Å²) in [5, 5.41) is 15.1. The monoisotopic (exact) mass is 538 g/mol. The summed E-state index contributed by atoms with van der Waals surface area (Å²) in [5.74, 6) is 0.322. The molecule has 6 nitrogen and oxygen atoms in total. The summed E-state index contributed by atoms with van der Waals surface area (Å²) in [6.45, 7) is 13.0. The molecule has 2 saturated heterocycles. The highest BCUT2D eigenvalue weighted by Gasteiger charge is 2.44. The third-order valence-corrected chi connectivity index (χ3v) is 10.0. The number of carboxylic acids is 1. The van der Waals surface area contributed by atoms with E-state index in [4.69, 9.17) is 5.10 Å². The van der Waals surface area contributed by atoms with E-state index in [1.165, 1.54) is 23.0 Å². The number of hydrogen-bond donors (Lipinski definition) is 1. The number of aryl methyl sites for hydroxylation is 2. The van der Waals surface area contributed by atoms with Crippen LogP contribution in [-0.2, 0) is 17.8 Å². The summed E-state index contributed by atoms with van der Waals surface area (Å²) >= 11 is 0. The number of piperidine rings is 1. The van der Waals surface area contributed by atoms with Gasteiger partial charge in [-0.1, -0.05) is 38.3 Å². The normalized spacial score (nSPS) is 24.8. The van der Waals surface area contributed by atoms with Gasteiger partial charge in [-0.05, 0) is 88.2 Å². The van der Waals surface area contributed by atoms with Gasteiger partial charge in [0.05, 0.1) is 11.1 Å². The van der Waals surface area contributed by atoms with Crippen molar-refractivity contribution in [3.05, 3.63) is 52.6 Å². The number of carbonyl (C=O) groups is 1. The zero-order valence-corrected chi connectivity index (χ0v) is 24.2. The van der Waals surface area contributed by atoms with Gasteiger partial charge in [0.2, 0.25) is 0 Å². The first kappa shape index (κ1) is 28.3. The van der Waals surface area contributed by atoms with Gasteiger partial charge in [0, 0.05) is 50.3 Å². The molecule has 0 amide bonds. The minimum atomic E-state index is -0.636. The molecule has 2 aliphatic heterocycles. The lowest BCUT2D eigenvalue weighted by molar-refractivity contribution is -0.152. The first-order chi connectivity index (χ1) is 18.8. The van der Waals surface area contributed by atoms with Crippen molar-refractivity contribution in [2.24, 2.45) is 11.3 Å². The van der Waals surface area contributed by atoms with Gasteiger partial charge in [0.15, 0.2) is 0 Å². The molecule has 3 aliphatic rings. The summed E-state index contributed by atoms with van der Waals surface area (Å²) < 4.78 is 16.5. The molecule has 2 atom stereocenters. The third-order valence-electron chi connectivity index (χ3n) is 10.0. The predicted octanol–water partition coefficient (Wildman–Crippen LogP) is 5.84. The minimum Gasteiger partial charge on any atom is -0.481 e. The van der Waals surface area contributed by atoms with Gasteiger partial charge < -0.3 is 14.9 Å². The Bertz CT molecular complexity index is 1130. The van der Waals surface area contributed by atoms with Gasteiger partial charge in [-0.15, -0.1) is 0 Å². The van der Waals surface area contributed by atoms with Crippen LogP contribution in [0.5, 0.6) is 0 Å². The first-order valence-electron chi connectivity index (χ1n) is 15.3. The van der Waals surface area contributed by atoms with Crippen molar-refractivity contribution in [1.82, 2.24) is 19.6 Å². The van der Waals surface area contributed by atoms with Crippen LogP contribution in [-0.4, -0.2) is 69.9 Å². The fourth-order valence-corrected chi connectivity index (χ4v) is 7.92. The Morgan fingerprint density at radius 3 is 2.49 bits per heavy atom. The van der Waals surface area contributed by atoms with E-state index in [1.807, 2.05) is 6.07 Å². The summed E-state index contributed by atoms with van der Waals surface area (Å²) in [6.07, 6.45) is 7.94. The van der Waals surface area contributed by atoms with Gasteiger partial charge in [0.1, 0.15) is 5.82 Å². The van der Waals surface area contributed by atoms with Crippen molar-refractivity contribution in [2.45, 2.75) is 90.5 Å². The van der Waals surface area contributed by atoms with Crippen LogP contribution in [0, 0.1) is 24.1 Å². The van der Waals surface area contributed by atoms with E-state index < -0.39 is 11.4 Å². The van der Waals surface area contributed by atoms with Crippen molar-refractivity contribution < 1.29 is 14.3 Å².